The van der Waals surface area contributed by atoms with Gasteiger partial charge in [0.05, 0.1) is 17.8 Å². The van der Waals surface area contributed by atoms with Crippen LogP contribution in [0.25, 0.3) is 0 Å². The second-order valence-corrected chi connectivity index (χ2v) is 5.97. The molecule has 1 aliphatic carbocycles. The second kappa shape index (κ2) is 4.86. The van der Waals surface area contributed by atoms with Gasteiger partial charge in [0, 0.05) is 26.2 Å². The highest BCUT2D eigenvalue weighted by Gasteiger charge is 2.48. The van der Waals surface area contributed by atoms with E-state index in [9.17, 15) is 4.79 Å². The van der Waals surface area contributed by atoms with Crippen molar-refractivity contribution in [1.82, 2.24) is 14.8 Å². The summed E-state index contributed by atoms with van der Waals surface area (Å²) >= 11 is 0. The van der Waals surface area contributed by atoms with E-state index in [1.807, 2.05) is 18.7 Å². The average molecular weight is 278 g/mol. The lowest BCUT2D eigenvalue weighted by Gasteiger charge is -2.35. The van der Waals surface area contributed by atoms with Crippen LogP contribution in [0.15, 0.2) is 4.42 Å². The number of amides is 1. The SMILES string of the molecule is Cc1nc(CN2CCN(C(=O)C3(N)CC3)CC2)oc1C. The first-order chi connectivity index (χ1) is 9.48. The molecule has 2 N–H and O–H groups in total. The third kappa shape index (κ3) is 2.58. The third-order valence-electron chi connectivity index (χ3n) is 4.31. The molecular weight excluding hydrogens is 256 g/mol. The highest BCUT2D eigenvalue weighted by molar-refractivity contribution is 5.89. The first-order valence-corrected chi connectivity index (χ1v) is 7.21. The van der Waals surface area contributed by atoms with Crippen LogP contribution in [0.3, 0.4) is 0 Å². The molecule has 6 nitrogen and oxygen atoms in total. The van der Waals surface area contributed by atoms with Gasteiger partial charge in [0.15, 0.2) is 0 Å². The zero-order valence-electron chi connectivity index (χ0n) is 12.2. The summed E-state index contributed by atoms with van der Waals surface area (Å²) in [4.78, 5) is 20.7. The summed E-state index contributed by atoms with van der Waals surface area (Å²) in [6.07, 6.45) is 1.67. The molecule has 0 unspecified atom stereocenters. The molecule has 1 aliphatic heterocycles. The summed E-state index contributed by atoms with van der Waals surface area (Å²) < 4.78 is 5.60. The van der Waals surface area contributed by atoms with Crippen LogP contribution in [-0.2, 0) is 11.3 Å². The Bertz CT molecular complexity index is 494. The van der Waals surface area contributed by atoms with Crippen LogP contribution in [0, 0.1) is 13.8 Å². The molecule has 1 aromatic rings. The Labute approximate surface area is 118 Å². The van der Waals surface area contributed by atoms with Crippen molar-refractivity contribution in [2.75, 3.05) is 26.2 Å². The minimum atomic E-state index is -0.543. The van der Waals surface area contributed by atoms with Gasteiger partial charge in [-0.05, 0) is 26.7 Å². The summed E-state index contributed by atoms with van der Waals surface area (Å²) in [5.41, 5.74) is 6.38. The van der Waals surface area contributed by atoms with Gasteiger partial charge in [-0.3, -0.25) is 9.69 Å². The Balaban J connectivity index is 1.52. The number of nitrogens with zero attached hydrogens (tertiary/aromatic N) is 3. The Morgan fingerprint density at radius 3 is 2.45 bits per heavy atom. The Morgan fingerprint density at radius 2 is 1.95 bits per heavy atom. The number of carbonyl (C=O) groups excluding carboxylic acids is 1. The predicted octanol–water partition coefficient (Wildman–Crippen LogP) is 0.427. The van der Waals surface area contributed by atoms with E-state index in [-0.39, 0.29) is 5.91 Å². The molecular formula is C14H22N4O2. The van der Waals surface area contributed by atoms with Gasteiger partial charge >= 0.3 is 0 Å². The molecule has 0 radical (unpaired) electrons. The van der Waals surface area contributed by atoms with E-state index in [1.54, 1.807) is 0 Å². The van der Waals surface area contributed by atoms with E-state index in [4.69, 9.17) is 10.2 Å². The monoisotopic (exact) mass is 278 g/mol. The average Bonchev–Trinajstić information content (AvgIpc) is 3.10. The lowest BCUT2D eigenvalue weighted by molar-refractivity contribution is -0.135. The van der Waals surface area contributed by atoms with Gasteiger partial charge in [-0.15, -0.1) is 0 Å². The van der Waals surface area contributed by atoms with Gasteiger partial charge in [0.25, 0.3) is 0 Å². The fourth-order valence-corrected chi connectivity index (χ4v) is 2.57. The number of nitrogens with two attached hydrogens (primary N) is 1. The van der Waals surface area contributed by atoms with Gasteiger partial charge < -0.3 is 15.1 Å². The third-order valence-corrected chi connectivity index (χ3v) is 4.31. The van der Waals surface area contributed by atoms with Crippen LogP contribution in [-0.4, -0.2) is 52.4 Å². The molecule has 20 heavy (non-hydrogen) atoms. The lowest BCUT2D eigenvalue weighted by atomic mass is 10.2. The van der Waals surface area contributed by atoms with Crippen LogP contribution >= 0.6 is 0 Å². The molecule has 2 aliphatic rings. The molecule has 0 spiro atoms. The summed E-state index contributed by atoms with van der Waals surface area (Å²) in [5.74, 6) is 1.77. The summed E-state index contributed by atoms with van der Waals surface area (Å²) in [6.45, 7) is 7.79. The van der Waals surface area contributed by atoms with Crippen LogP contribution in [0.4, 0.5) is 0 Å². The van der Waals surface area contributed by atoms with Crippen LogP contribution < -0.4 is 5.73 Å². The molecule has 1 saturated carbocycles. The minimum absolute atomic E-state index is 0.125. The van der Waals surface area contributed by atoms with Gasteiger partial charge in [0.2, 0.25) is 11.8 Å². The van der Waals surface area contributed by atoms with Crippen molar-refractivity contribution in [3.63, 3.8) is 0 Å². The Kier molecular flexibility index (Phi) is 3.30. The number of carbonyl (C=O) groups is 1. The fourth-order valence-electron chi connectivity index (χ4n) is 2.57. The highest BCUT2D eigenvalue weighted by atomic mass is 16.4. The van der Waals surface area contributed by atoms with Crippen molar-refractivity contribution in [3.05, 3.63) is 17.3 Å². The van der Waals surface area contributed by atoms with Gasteiger partial charge in [-0.1, -0.05) is 0 Å². The topological polar surface area (TPSA) is 75.6 Å². The standard InChI is InChI=1S/C14H22N4O2/c1-10-11(2)20-12(16-10)9-17-5-7-18(8-6-17)13(19)14(15)3-4-14/h3-9,15H2,1-2H3. The van der Waals surface area contributed by atoms with Gasteiger partial charge in [-0.2, -0.15) is 0 Å². The van der Waals surface area contributed by atoms with Crippen LogP contribution in [0.5, 0.6) is 0 Å². The number of hydrogen-bond donors (Lipinski definition) is 1. The zero-order chi connectivity index (χ0) is 14.3. The molecule has 1 aromatic heterocycles. The van der Waals surface area contributed by atoms with Crippen molar-refractivity contribution in [1.29, 1.82) is 0 Å². The van der Waals surface area contributed by atoms with E-state index < -0.39 is 5.54 Å². The van der Waals surface area contributed by atoms with Gasteiger partial charge in [0.1, 0.15) is 5.76 Å². The number of piperazine rings is 1. The number of aromatic nitrogens is 1. The van der Waals surface area contributed by atoms with E-state index in [0.717, 1.165) is 56.4 Å². The predicted molar refractivity (Wildman–Crippen MR) is 74.0 cm³/mol. The van der Waals surface area contributed by atoms with Crippen LogP contribution in [0.1, 0.15) is 30.2 Å². The molecule has 0 atom stereocenters. The Hall–Kier alpha value is -1.40. The molecule has 2 fully saturated rings. The zero-order valence-corrected chi connectivity index (χ0v) is 12.2. The maximum Gasteiger partial charge on any atom is 0.242 e. The number of oxazole rings is 1. The molecule has 3 rings (SSSR count). The van der Waals surface area contributed by atoms with E-state index >= 15 is 0 Å². The maximum atomic E-state index is 12.1. The van der Waals surface area contributed by atoms with E-state index in [0.29, 0.717) is 6.54 Å². The smallest absolute Gasteiger partial charge is 0.242 e. The molecule has 6 heteroatoms. The number of aryl methyl sites for hydroxylation is 2. The molecule has 0 bridgehead atoms. The van der Waals surface area contributed by atoms with Crippen molar-refractivity contribution < 1.29 is 9.21 Å². The van der Waals surface area contributed by atoms with Crippen molar-refractivity contribution >= 4 is 5.91 Å². The molecule has 2 heterocycles. The molecule has 0 aromatic carbocycles. The normalized spacial score (nSPS) is 22.1. The second-order valence-electron chi connectivity index (χ2n) is 5.97. The molecule has 1 amide bonds. The fraction of sp³-hybridized carbons (Fsp3) is 0.714. The number of hydrogen-bond acceptors (Lipinski definition) is 5. The molecule has 1 saturated heterocycles. The highest BCUT2D eigenvalue weighted by Crippen LogP contribution is 2.34. The van der Waals surface area contributed by atoms with Crippen molar-refractivity contribution in [2.45, 2.75) is 38.8 Å². The Morgan fingerprint density at radius 1 is 1.30 bits per heavy atom. The first-order valence-electron chi connectivity index (χ1n) is 7.21. The first kappa shape index (κ1) is 13.6. The maximum absolute atomic E-state index is 12.1. The number of rotatable bonds is 3. The van der Waals surface area contributed by atoms with Gasteiger partial charge in [-0.25, -0.2) is 4.98 Å². The largest absolute Gasteiger partial charge is 0.444 e. The minimum Gasteiger partial charge on any atom is -0.444 e. The summed E-state index contributed by atoms with van der Waals surface area (Å²) in [6, 6.07) is 0. The van der Waals surface area contributed by atoms with E-state index in [2.05, 4.69) is 9.88 Å². The lowest BCUT2D eigenvalue weighted by Crippen LogP contribution is -2.53. The quantitative estimate of drug-likeness (QED) is 0.867. The summed E-state index contributed by atoms with van der Waals surface area (Å²) in [7, 11) is 0. The van der Waals surface area contributed by atoms with E-state index in [1.165, 1.54) is 0 Å². The van der Waals surface area contributed by atoms with Crippen molar-refractivity contribution in [3.8, 4) is 0 Å². The summed E-state index contributed by atoms with van der Waals surface area (Å²) in [5, 5.41) is 0. The van der Waals surface area contributed by atoms with Crippen LogP contribution in [0.2, 0.25) is 0 Å². The molecule has 110 valence electrons. The van der Waals surface area contributed by atoms with Crippen molar-refractivity contribution in [2.24, 2.45) is 5.73 Å².